The maximum atomic E-state index is 13.1. The van der Waals surface area contributed by atoms with Crippen LogP contribution in [-0.4, -0.2) is 63.1 Å². The molecule has 0 unspecified atom stereocenters. The van der Waals surface area contributed by atoms with Gasteiger partial charge in [-0.2, -0.15) is 0 Å². The lowest BCUT2D eigenvalue weighted by Crippen LogP contribution is -2.49. The summed E-state index contributed by atoms with van der Waals surface area (Å²) in [7, 11) is 2.82. The number of piperazine rings is 1. The van der Waals surface area contributed by atoms with Gasteiger partial charge in [-0.15, -0.1) is 0 Å². The van der Waals surface area contributed by atoms with Gasteiger partial charge in [0.1, 0.15) is 5.75 Å². The predicted octanol–water partition coefficient (Wildman–Crippen LogP) is 3.70. The lowest BCUT2D eigenvalue weighted by molar-refractivity contribution is 0.0600. The topological polar surface area (TPSA) is 88.2 Å². The number of rotatable bonds is 6. The number of esters is 1. The van der Waals surface area contributed by atoms with Gasteiger partial charge in [0.2, 0.25) is 0 Å². The van der Waals surface area contributed by atoms with E-state index in [0.717, 1.165) is 5.69 Å². The van der Waals surface area contributed by atoms with Crippen LogP contribution in [0.4, 0.5) is 11.4 Å². The van der Waals surface area contributed by atoms with Crippen LogP contribution in [0.1, 0.15) is 31.1 Å². The standard InChI is InChI=1S/C27H27N3O5/c1-34-24-11-7-6-10-21(24)25(31)28-22-18-20(27(33)35-2)12-13-23(22)29-14-16-30(17-15-29)26(32)19-8-4-3-5-9-19/h3-13,18H,14-17H2,1-2H3,(H,28,31). The van der Waals surface area contributed by atoms with Gasteiger partial charge in [-0.1, -0.05) is 30.3 Å². The molecule has 1 N–H and O–H groups in total. The molecule has 0 atom stereocenters. The molecule has 1 aliphatic heterocycles. The molecule has 0 aliphatic carbocycles. The van der Waals surface area contributed by atoms with Gasteiger partial charge in [0.15, 0.2) is 0 Å². The predicted molar refractivity (Wildman–Crippen MR) is 133 cm³/mol. The first-order chi connectivity index (χ1) is 17.0. The summed E-state index contributed by atoms with van der Waals surface area (Å²) >= 11 is 0. The third kappa shape index (κ3) is 5.27. The highest BCUT2D eigenvalue weighted by atomic mass is 16.5. The number of amides is 2. The van der Waals surface area contributed by atoms with Gasteiger partial charge < -0.3 is 24.6 Å². The average molecular weight is 474 g/mol. The number of nitrogens with zero attached hydrogens (tertiary/aromatic N) is 2. The first-order valence-corrected chi connectivity index (χ1v) is 11.3. The number of methoxy groups -OCH3 is 2. The van der Waals surface area contributed by atoms with Crippen LogP contribution in [0.15, 0.2) is 72.8 Å². The van der Waals surface area contributed by atoms with Crippen molar-refractivity contribution >= 4 is 29.2 Å². The van der Waals surface area contributed by atoms with Crippen molar-refractivity contribution in [1.82, 2.24) is 4.90 Å². The number of benzene rings is 3. The van der Waals surface area contributed by atoms with Crippen LogP contribution in [0.3, 0.4) is 0 Å². The Morgan fingerprint density at radius 3 is 2.17 bits per heavy atom. The van der Waals surface area contributed by atoms with Crippen molar-refractivity contribution in [2.24, 2.45) is 0 Å². The van der Waals surface area contributed by atoms with Gasteiger partial charge in [-0.3, -0.25) is 9.59 Å². The molecule has 1 saturated heterocycles. The monoisotopic (exact) mass is 473 g/mol. The van der Waals surface area contributed by atoms with Crippen molar-refractivity contribution in [1.29, 1.82) is 0 Å². The minimum atomic E-state index is -0.498. The number of ether oxygens (including phenoxy) is 2. The quantitative estimate of drug-likeness (QED) is 0.550. The molecule has 2 amide bonds. The number of hydrogen-bond acceptors (Lipinski definition) is 6. The van der Waals surface area contributed by atoms with Gasteiger partial charge >= 0.3 is 5.97 Å². The minimum Gasteiger partial charge on any atom is -0.496 e. The average Bonchev–Trinajstić information content (AvgIpc) is 2.92. The van der Waals surface area contributed by atoms with Crippen LogP contribution in [0.2, 0.25) is 0 Å². The molecule has 4 rings (SSSR count). The smallest absolute Gasteiger partial charge is 0.337 e. The molecule has 3 aromatic carbocycles. The molecule has 1 heterocycles. The molecule has 180 valence electrons. The first kappa shape index (κ1) is 23.8. The van der Waals surface area contributed by atoms with Gasteiger partial charge in [-0.05, 0) is 42.5 Å². The molecule has 0 spiro atoms. The summed E-state index contributed by atoms with van der Waals surface area (Å²) in [5.74, 6) is -0.411. The van der Waals surface area contributed by atoms with Crippen molar-refractivity contribution in [3.05, 3.63) is 89.5 Å². The van der Waals surface area contributed by atoms with Crippen molar-refractivity contribution < 1.29 is 23.9 Å². The zero-order valence-electron chi connectivity index (χ0n) is 19.7. The number of carbonyl (C=O) groups excluding carboxylic acids is 3. The van der Waals surface area contributed by atoms with E-state index in [1.54, 1.807) is 42.5 Å². The zero-order chi connectivity index (χ0) is 24.8. The largest absolute Gasteiger partial charge is 0.496 e. The molecule has 1 fully saturated rings. The van der Waals surface area contributed by atoms with Gasteiger partial charge in [-0.25, -0.2) is 4.79 Å². The van der Waals surface area contributed by atoms with E-state index in [4.69, 9.17) is 9.47 Å². The summed E-state index contributed by atoms with van der Waals surface area (Å²) in [6.45, 7) is 2.22. The lowest BCUT2D eigenvalue weighted by Gasteiger charge is -2.37. The van der Waals surface area contributed by atoms with Crippen LogP contribution >= 0.6 is 0 Å². The Balaban J connectivity index is 1.56. The van der Waals surface area contributed by atoms with Crippen LogP contribution in [0, 0.1) is 0 Å². The maximum absolute atomic E-state index is 13.1. The molecule has 8 heteroatoms. The molecule has 0 radical (unpaired) electrons. The third-order valence-corrected chi connectivity index (χ3v) is 5.95. The van der Waals surface area contributed by atoms with E-state index in [1.165, 1.54) is 14.2 Å². The molecular formula is C27H27N3O5. The Morgan fingerprint density at radius 1 is 0.800 bits per heavy atom. The molecule has 35 heavy (non-hydrogen) atoms. The van der Waals surface area contributed by atoms with Crippen LogP contribution in [-0.2, 0) is 4.74 Å². The Kier molecular flexibility index (Phi) is 7.30. The molecule has 3 aromatic rings. The maximum Gasteiger partial charge on any atom is 0.337 e. The summed E-state index contributed by atoms with van der Waals surface area (Å²) in [6.07, 6.45) is 0. The third-order valence-electron chi connectivity index (χ3n) is 5.95. The van der Waals surface area contributed by atoms with Crippen molar-refractivity contribution in [3.8, 4) is 5.75 Å². The van der Waals surface area contributed by atoms with Crippen molar-refractivity contribution in [3.63, 3.8) is 0 Å². The Hall–Kier alpha value is -4.33. The van der Waals surface area contributed by atoms with Crippen LogP contribution in [0.25, 0.3) is 0 Å². The first-order valence-electron chi connectivity index (χ1n) is 11.3. The number of hydrogen-bond donors (Lipinski definition) is 1. The van der Waals surface area contributed by atoms with E-state index in [9.17, 15) is 14.4 Å². The van der Waals surface area contributed by atoms with E-state index in [2.05, 4.69) is 10.2 Å². The highest BCUT2D eigenvalue weighted by Gasteiger charge is 2.25. The fourth-order valence-corrected chi connectivity index (χ4v) is 4.09. The summed E-state index contributed by atoms with van der Waals surface area (Å²) in [5.41, 5.74) is 2.60. The molecular weight excluding hydrogens is 446 g/mol. The van der Waals surface area contributed by atoms with Crippen molar-refractivity contribution in [2.45, 2.75) is 0 Å². The minimum absolute atomic E-state index is 0.00371. The van der Waals surface area contributed by atoms with E-state index in [0.29, 0.717) is 54.3 Å². The second-order valence-corrected chi connectivity index (χ2v) is 8.02. The fraction of sp³-hybridized carbons (Fsp3) is 0.222. The zero-order valence-corrected chi connectivity index (χ0v) is 19.7. The van der Waals surface area contributed by atoms with Gasteiger partial charge in [0, 0.05) is 31.7 Å². The van der Waals surface area contributed by atoms with E-state index in [-0.39, 0.29) is 11.8 Å². The highest BCUT2D eigenvalue weighted by Crippen LogP contribution is 2.30. The lowest BCUT2D eigenvalue weighted by atomic mass is 10.1. The molecule has 1 aliphatic rings. The summed E-state index contributed by atoms with van der Waals surface area (Å²) in [4.78, 5) is 42.0. The van der Waals surface area contributed by atoms with E-state index >= 15 is 0 Å². The molecule has 0 saturated carbocycles. The Labute approximate surface area is 204 Å². The SMILES string of the molecule is COC(=O)c1ccc(N2CCN(C(=O)c3ccccc3)CC2)c(NC(=O)c2ccccc2OC)c1. The molecule has 0 bridgehead atoms. The number of para-hydroxylation sites is 1. The number of nitrogens with one attached hydrogen (secondary N) is 1. The normalized spacial score (nSPS) is 13.2. The van der Waals surface area contributed by atoms with Gasteiger partial charge in [0.25, 0.3) is 11.8 Å². The van der Waals surface area contributed by atoms with Gasteiger partial charge in [0.05, 0.1) is 36.7 Å². The molecule has 0 aromatic heterocycles. The van der Waals surface area contributed by atoms with Crippen LogP contribution < -0.4 is 15.0 Å². The summed E-state index contributed by atoms with van der Waals surface area (Å²) in [6, 6.07) is 21.2. The van der Waals surface area contributed by atoms with E-state index in [1.807, 2.05) is 35.2 Å². The van der Waals surface area contributed by atoms with Crippen LogP contribution in [0.5, 0.6) is 5.75 Å². The molecule has 8 nitrogen and oxygen atoms in total. The number of carbonyl (C=O) groups is 3. The number of anilines is 2. The summed E-state index contributed by atoms with van der Waals surface area (Å²) < 4.78 is 10.2. The van der Waals surface area contributed by atoms with E-state index < -0.39 is 5.97 Å². The summed E-state index contributed by atoms with van der Waals surface area (Å²) in [5, 5.41) is 2.93. The Bertz CT molecular complexity index is 1220. The highest BCUT2D eigenvalue weighted by molar-refractivity contribution is 6.08. The second kappa shape index (κ2) is 10.7. The Morgan fingerprint density at radius 2 is 1.49 bits per heavy atom. The van der Waals surface area contributed by atoms with Crippen molar-refractivity contribution in [2.75, 3.05) is 50.6 Å². The second-order valence-electron chi connectivity index (χ2n) is 8.02. The fourth-order valence-electron chi connectivity index (χ4n) is 4.09.